The molecule has 2 aromatic carbocycles. The first-order valence-corrected chi connectivity index (χ1v) is 6.36. The zero-order chi connectivity index (χ0) is 12.3. The van der Waals surface area contributed by atoms with E-state index in [1.54, 1.807) is 12.1 Å². The Kier molecular flexibility index (Phi) is 3.97. The van der Waals surface area contributed by atoms with E-state index in [0.29, 0.717) is 11.5 Å². The number of phenolic OH excluding ortho intramolecular Hbond substituents is 1. The number of benzene rings is 2. The molecule has 0 bridgehead atoms. The van der Waals surface area contributed by atoms with Crippen LogP contribution in [0.3, 0.4) is 0 Å². The maximum atomic E-state index is 9.51. The fourth-order valence-electron chi connectivity index (χ4n) is 1.75. The van der Waals surface area contributed by atoms with Gasteiger partial charge in [-0.1, -0.05) is 29.8 Å². The normalized spacial score (nSPS) is 10.5. The topological polar surface area (TPSA) is 20.2 Å². The van der Waals surface area contributed by atoms with Crippen molar-refractivity contribution in [2.24, 2.45) is 0 Å². The predicted octanol–water partition coefficient (Wildman–Crippen LogP) is 4.07. The molecule has 0 unspecified atom stereocenters. The van der Waals surface area contributed by atoms with Crippen molar-refractivity contribution in [1.29, 1.82) is 0 Å². The number of rotatable bonds is 3. The van der Waals surface area contributed by atoms with Gasteiger partial charge in [0.05, 0.1) is 0 Å². The lowest BCUT2D eigenvalue weighted by Crippen LogP contribution is -1.93. The summed E-state index contributed by atoms with van der Waals surface area (Å²) in [5, 5.41) is 10.2. The highest BCUT2D eigenvalue weighted by Crippen LogP contribution is 2.22. The maximum absolute atomic E-state index is 9.51. The SMILES string of the molecule is Oc1ccc(CS)c(Cc2ccc(Cl)cc2)c1. The van der Waals surface area contributed by atoms with Crippen molar-refractivity contribution < 1.29 is 5.11 Å². The van der Waals surface area contributed by atoms with Crippen molar-refractivity contribution in [3.8, 4) is 5.75 Å². The Labute approximate surface area is 111 Å². The molecular formula is C14H13ClOS. The first-order chi connectivity index (χ1) is 8.19. The minimum absolute atomic E-state index is 0.291. The lowest BCUT2D eigenvalue weighted by molar-refractivity contribution is 0.474. The van der Waals surface area contributed by atoms with Gasteiger partial charge < -0.3 is 5.11 Å². The van der Waals surface area contributed by atoms with Gasteiger partial charge in [0.1, 0.15) is 5.75 Å². The van der Waals surface area contributed by atoms with Crippen LogP contribution < -0.4 is 0 Å². The van der Waals surface area contributed by atoms with Gasteiger partial charge in [0.15, 0.2) is 0 Å². The zero-order valence-electron chi connectivity index (χ0n) is 9.23. The second kappa shape index (κ2) is 5.48. The van der Waals surface area contributed by atoms with E-state index in [1.165, 1.54) is 5.56 Å². The van der Waals surface area contributed by atoms with Crippen molar-refractivity contribution in [2.75, 3.05) is 0 Å². The van der Waals surface area contributed by atoms with E-state index in [0.717, 1.165) is 22.6 Å². The highest BCUT2D eigenvalue weighted by molar-refractivity contribution is 7.79. The van der Waals surface area contributed by atoms with Crippen LogP contribution in [-0.2, 0) is 12.2 Å². The smallest absolute Gasteiger partial charge is 0.115 e. The molecule has 0 radical (unpaired) electrons. The van der Waals surface area contributed by atoms with E-state index in [2.05, 4.69) is 12.6 Å². The van der Waals surface area contributed by atoms with Crippen molar-refractivity contribution in [1.82, 2.24) is 0 Å². The molecular weight excluding hydrogens is 252 g/mol. The summed E-state index contributed by atoms with van der Waals surface area (Å²) in [6.07, 6.45) is 0.779. The second-order valence-corrected chi connectivity index (χ2v) is 4.67. The van der Waals surface area contributed by atoms with E-state index in [4.69, 9.17) is 11.6 Å². The monoisotopic (exact) mass is 264 g/mol. The standard InChI is InChI=1S/C14H13ClOS/c15-13-4-1-10(2-5-13)7-12-8-14(16)6-3-11(12)9-17/h1-6,8,16-17H,7,9H2. The van der Waals surface area contributed by atoms with Crippen LogP contribution in [0.2, 0.25) is 5.02 Å². The van der Waals surface area contributed by atoms with Gasteiger partial charge in [-0.05, 0) is 47.4 Å². The zero-order valence-corrected chi connectivity index (χ0v) is 10.9. The van der Waals surface area contributed by atoms with Gasteiger partial charge in [-0.2, -0.15) is 12.6 Å². The summed E-state index contributed by atoms with van der Waals surface area (Å²) in [7, 11) is 0. The number of halogens is 1. The molecule has 0 aromatic heterocycles. The largest absolute Gasteiger partial charge is 0.508 e. The molecule has 0 atom stereocenters. The molecule has 0 saturated carbocycles. The maximum Gasteiger partial charge on any atom is 0.115 e. The van der Waals surface area contributed by atoms with Crippen molar-refractivity contribution in [3.05, 3.63) is 64.2 Å². The first-order valence-electron chi connectivity index (χ1n) is 5.35. The molecule has 0 fully saturated rings. The minimum atomic E-state index is 0.291. The second-order valence-electron chi connectivity index (χ2n) is 3.91. The summed E-state index contributed by atoms with van der Waals surface area (Å²) < 4.78 is 0. The van der Waals surface area contributed by atoms with Crippen LogP contribution in [0, 0.1) is 0 Å². The average Bonchev–Trinajstić information content (AvgIpc) is 2.32. The van der Waals surface area contributed by atoms with Crippen LogP contribution in [0.25, 0.3) is 0 Å². The van der Waals surface area contributed by atoms with Gasteiger partial charge in [-0.3, -0.25) is 0 Å². The van der Waals surface area contributed by atoms with Crippen LogP contribution in [0.15, 0.2) is 42.5 Å². The average molecular weight is 265 g/mol. The minimum Gasteiger partial charge on any atom is -0.508 e. The summed E-state index contributed by atoms with van der Waals surface area (Å²) in [5.41, 5.74) is 3.41. The Hall–Kier alpha value is -1.12. The van der Waals surface area contributed by atoms with Gasteiger partial charge >= 0.3 is 0 Å². The molecule has 17 heavy (non-hydrogen) atoms. The Balaban J connectivity index is 2.28. The summed E-state index contributed by atoms with van der Waals surface area (Å²) in [4.78, 5) is 0. The van der Waals surface area contributed by atoms with Gasteiger partial charge in [0, 0.05) is 10.8 Å². The molecule has 3 heteroatoms. The quantitative estimate of drug-likeness (QED) is 0.801. The molecule has 2 rings (SSSR count). The molecule has 1 N–H and O–H groups in total. The van der Waals surface area contributed by atoms with Gasteiger partial charge in [-0.15, -0.1) is 0 Å². The fraction of sp³-hybridized carbons (Fsp3) is 0.143. The lowest BCUT2D eigenvalue weighted by Gasteiger charge is -2.08. The Morgan fingerprint density at radius 1 is 1.00 bits per heavy atom. The number of aromatic hydroxyl groups is 1. The Morgan fingerprint density at radius 2 is 1.71 bits per heavy atom. The van der Waals surface area contributed by atoms with Crippen LogP contribution in [0.1, 0.15) is 16.7 Å². The first kappa shape index (κ1) is 12.3. The fourth-order valence-corrected chi connectivity index (χ4v) is 2.19. The lowest BCUT2D eigenvalue weighted by atomic mass is 10.0. The van der Waals surface area contributed by atoms with Gasteiger partial charge in [0.2, 0.25) is 0 Å². The van der Waals surface area contributed by atoms with Crippen LogP contribution >= 0.6 is 24.2 Å². The van der Waals surface area contributed by atoms with E-state index in [9.17, 15) is 5.11 Å². The Morgan fingerprint density at radius 3 is 2.35 bits per heavy atom. The van der Waals surface area contributed by atoms with E-state index >= 15 is 0 Å². The van der Waals surface area contributed by atoms with E-state index in [-0.39, 0.29) is 0 Å². The van der Waals surface area contributed by atoms with Gasteiger partial charge in [-0.25, -0.2) is 0 Å². The Bertz CT molecular complexity index is 508. The van der Waals surface area contributed by atoms with Crippen molar-refractivity contribution in [3.63, 3.8) is 0 Å². The molecule has 0 heterocycles. The molecule has 0 amide bonds. The summed E-state index contributed by atoms with van der Waals surface area (Å²) in [5.74, 6) is 0.961. The molecule has 0 aliphatic heterocycles. The van der Waals surface area contributed by atoms with E-state index in [1.807, 2.05) is 30.3 Å². The van der Waals surface area contributed by atoms with Crippen molar-refractivity contribution >= 4 is 24.2 Å². The van der Waals surface area contributed by atoms with Crippen LogP contribution in [0.5, 0.6) is 5.75 Å². The summed E-state index contributed by atoms with van der Waals surface area (Å²) in [6.45, 7) is 0. The number of hydrogen-bond acceptors (Lipinski definition) is 2. The number of phenols is 1. The van der Waals surface area contributed by atoms with Crippen LogP contribution in [-0.4, -0.2) is 5.11 Å². The highest BCUT2D eigenvalue weighted by atomic mass is 35.5. The third-order valence-corrected chi connectivity index (χ3v) is 3.26. The summed E-state index contributed by atoms with van der Waals surface area (Å²) >= 11 is 10.1. The van der Waals surface area contributed by atoms with E-state index < -0.39 is 0 Å². The van der Waals surface area contributed by atoms with Crippen molar-refractivity contribution in [2.45, 2.75) is 12.2 Å². The highest BCUT2D eigenvalue weighted by Gasteiger charge is 2.04. The molecule has 0 aliphatic carbocycles. The predicted molar refractivity (Wildman–Crippen MR) is 75.1 cm³/mol. The van der Waals surface area contributed by atoms with Crippen LogP contribution in [0.4, 0.5) is 0 Å². The molecule has 0 saturated heterocycles. The number of thiol groups is 1. The molecule has 1 nitrogen and oxygen atoms in total. The molecule has 88 valence electrons. The molecule has 0 spiro atoms. The van der Waals surface area contributed by atoms with Gasteiger partial charge in [0.25, 0.3) is 0 Å². The number of hydrogen-bond donors (Lipinski definition) is 2. The summed E-state index contributed by atoms with van der Waals surface area (Å²) in [6, 6.07) is 13.1. The third kappa shape index (κ3) is 3.18. The molecule has 2 aromatic rings. The molecule has 0 aliphatic rings. The third-order valence-electron chi connectivity index (χ3n) is 2.67.